The lowest BCUT2D eigenvalue weighted by molar-refractivity contribution is -0.143. The van der Waals surface area contributed by atoms with Crippen molar-refractivity contribution < 1.29 is 9.53 Å². The average molecular weight is 384 g/mol. The quantitative estimate of drug-likeness (QED) is 0.594. The van der Waals surface area contributed by atoms with Crippen LogP contribution in [0.25, 0.3) is 5.65 Å². The zero-order valence-electron chi connectivity index (χ0n) is 15.3. The van der Waals surface area contributed by atoms with Crippen LogP contribution in [0.2, 0.25) is 5.02 Å². The highest BCUT2D eigenvalue weighted by atomic mass is 35.5. The normalized spacial score (nSPS) is 15.5. The van der Waals surface area contributed by atoms with Gasteiger partial charge in [0.1, 0.15) is 0 Å². The van der Waals surface area contributed by atoms with Crippen LogP contribution in [0.3, 0.4) is 0 Å². The number of fused-ring (bicyclic) bond motifs is 1. The summed E-state index contributed by atoms with van der Waals surface area (Å²) in [7, 11) is 0. The van der Waals surface area contributed by atoms with Gasteiger partial charge in [-0.3, -0.25) is 4.79 Å². The summed E-state index contributed by atoms with van der Waals surface area (Å²) < 4.78 is 6.94. The minimum Gasteiger partial charge on any atom is -0.466 e. The van der Waals surface area contributed by atoms with Crippen LogP contribution >= 0.6 is 11.6 Å². The highest BCUT2D eigenvalue weighted by Gasteiger charge is 2.44. The maximum absolute atomic E-state index is 11.9. The molecule has 5 nitrogen and oxygen atoms in total. The van der Waals surface area contributed by atoms with Gasteiger partial charge in [0, 0.05) is 34.8 Å². The van der Waals surface area contributed by atoms with Crippen LogP contribution in [0.4, 0.5) is 0 Å². The van der Waals surface area contributed by atoms with Gasteiger partial charge in [-0.15, -0.1) is 0 Å². The number of nitrogens with zero attached hydrogens (tertiary/aromatic N) is 3. The Morgan fingerprint density at radius 3 is 2.74 bits per heavy atom. The minimum atomic E-state index is -0.187. The number of rotatable bonds is 6. The molecule has 0 atom stereocenters. The third-order valence-corrected chi connectivity index (χ3v) is 5.68. The summed E-state index contributed by atoms with van der Waals surface area (Å²) in [6, 6.07) is 9.92. The van der Waals surface area contributed by atoms with E-state index in [0.29, 0.717) is 19.4 Å². The maximum atomic E-state index is 11.9. The summed E-state index contributed by atoms with van der Waals surface area (Å²) in [6.07, 6.45) is 7.80. The Balaban J connectivity index is 1.79. The molecule has 0 radical (unpaired) electrons. The van der Waals surface area contributed by atoms with Crippen molar-refractivity contribution in [2.24, 2.45) is 0 Å². The molecule has 6 heteroatoms. The van der Waals surface area contributed by atoms with E-state index in [1.807, 2.05) is 35.8 Å². The van der Waals surface area contributed by atoms with Gasteiger partial charge in [-0.05, 0) is 49.9 Å². The summed E-state index contributed by atoms with van der Waals surface area (Å²) in [4.78, 5) is 16.5. The Morgan fingerprint density at radius 1 is 1.30 bits per heavy atom. The first-order chi connectivity index (χ1) is 13.1. The second-order valence-electron chi connectivity index (χ2n) is 6.96. The van der Waals surface area contributed by atoms with Crippen LogP contribution in [0.1, 0.15) is 49.4 Å². The lowest BCUT2D eigenvalue weighted by atomic mass is 9.61. The fourth-order valence-electron chi connectivity index (χ4n) is 3.97. The van der Waals surface area contributed by atoms with Crippen LogP contribution in [-0.4, -0.2) is 27.2 Å². The Kier molecular flexibility index (Phi) is 4.87. The topological polar surface area (TPSA) is 56.5 Å². The van der Waals surface area contributed by atoms with Crippen LogP contribution in [0, 0.1) is 0 Å². The molecule has 0 unspecified atom stereocenters. The van der Waals surface area contributed by atoms with Gasteiger partial charge in [0.05, 0.1) is 12.3 Å². The van der Waals surface area contributed by atoms with Gasteiger partial charge in [0.25, 0.3) is 0 Å². The molecule has 2 aromatic heterocycles. The van der Waals surface area contributed by atoms with Gasteiger partial charge in [0.2, 0.25) is 0 Å². The lowest BCUT2D eigenvalue weighted by Gasteiger charge is -2.42. The molecule has 3 aromatic rings. The minimum absolute atomic E-state index is 0.137. The van der Waals surface area contributed by atoms with E-state index in [-0.39, 0.29) is 11.4 Å². The highest BCUT2D eigenvalue weighted by molar-refractivity contribution is 6.30. The molecule has 2 heterocycles. The molecule has 1 aliphatic rings. The first-order valence-corrected chi connectivity index (χ1v) is 9.76. The average Bonchev–Trinajstić information content (AvgIpc) is 2.99. The summed E-state index contributed by atoms with van der Waals surface area (Å²) in [5, 5.41) is 5.63. The molecule has 27 heavy (non-hydrogen) atoms. The Morgan fingerprint density at radius 2 is 2.07 bits per heavy atom. The van der Waals surface area contributed by atoms with Crippen LogP contribution in [0.15, 0.2) is 42.7 Å². The number of carbonyl (C=O) groups is 1. The van der Waals surface area contributed by atoms with Crippen molar-refractivity contribution in [2.75, 3.05) is 6.61 Å². The molecule has 1 fully saturated rings. The zero-order valence-corrected chi connectivity index (χ0v) is 16.1. The number of halogens is 1. The predicted molar refractivity (Wildman–Crippen MR) is 104 cm³/mol. The van der Waals surface area contributed by atoms with Gasteiger partial charge in [-0.25, -0.2) is 9.50 Å². The second-order valence-corrected chi connectivity index (χ2v) is 7.40. The Labute approximate surface area is 163 Å². The van der Waals surface area contributed by atoms with E-state index < -0.39 is 0 Å². The smallest absolute Gasteiger partial charge is 0.306 e. The van der Waals surface area contributed by atoms with Crippen molar-refractivity contribution in [2.45, 2.75) is 44.4 Å². The molecular formula is C21H22ClN3O2. The zero-order chi connectivity index (χ0) is 18.9. The van der Waals surface area contributed by atoms with E-state index in [1.54, 1.807) is 6.20 Å². The van der Waals surface area contributed by atoms with E-state index in [9.17, 15) is 4.79 Å². The van der Waals surface area contributed by atoms with Crippen LogP contribution < -0.4 is 0 Å². The fourth-order valence-corrected chi connectivity index (χ4v) is 4.10. The van der Waals surface area contributed by atoms with Gasteiger partial charge < -0.3 is 4.74 Å². The molecule has 140 valence electrons. The van der Waals surface area contributed by atoms with Crippen LogP contribution in [-0.2, 0) is 21.4 Å². The third kappa shape index (κ3) is 3.21. The molecular weight excluding hydrogens is 362 g/mol. The van der Waals surface area contributed by atoms with Crippen molar-refractivity contribution in [1.29, 1.82) is 0 Å². The number of aryl methyl sites for hydroxylation is 1. The first kappa shape index (κ1) is 18.0. The largest absolute Gasteiger partial charge is 0.466 e. The standard InChI is InChI=1S/C21H22ClN3O2/c1-2-27-18(26)10-9-17-19(24-25-14-4-13-23-20(17)25)21(11-3-12-21)15-5-7-16(22)8-6-15/h4-8,13-14H,2-3,9-12H2,1H3. The molecule has 0 spiro atoms. The van der Waals surface area contributed by atoms with Gasteiger partial charge in [-0.2, -0.15) is 5.10 Å². The van der Waals surface area contributed by atoms with Gasteiger partial charge >= 0.3 is 5.97 Å². The highest BCUT2D eigenvalue weighted by Crippen LogP contribution is 2.50. The third-order valence-electron chi connectivity index (χ3n) is 5.43. The number of benzene rings is 1. The molecule has 0 saturated heterocycles. The number of aromatic nitrogens is 3. The number of ether oxygens (including phenoxy) is 1. The molecule has 4 rings (SSSR count). The number of carbonyl (C=O) groups excluding carboxylic acids is 1. The Hall–Kier alpha value is -2.40. The van der Waals surface area contributed by atoms with Crippen LogP contribution in [0.5, 0.6) is 0 Å². The lowest BCUT2D eigenvalue weighted by Crippen LogP contribution is -2.37. The summed E-state index contributed by atoms with van der Waals surface area (Å²) >= 11 is 6.10. The predicted octanol–water partition coefficient (Wildman–Crippen LogP) is 4.35. The number of esters is 1. The van der Waals surface area contributed by atoms with E-state index in [1.165, 1.54) is 5.56 Å². The number of hydrogen-bond donors (Lipinski definition) is 0. The van der Waals surface area contributed by atoms with Gasteiger partial charge in [-0.1, -0.05) is 30.2 Å². The Bertz CT molecular complexity index is 961. The molecule has 0 N–H and O–H groups in total. The van der Waals surface area contributed by atoms with E-state index in [4.69, 9.17) is 21.4 Å². The molecule has 0 amide bonds. The fraction of sp³-hybridized carbons (Fsp3) is 0.381. The van der Waals surface area contributed by atoms with E-state index >= 15 is 0 Å². The van der Waals surface area contributed by atoms with E-state index in [2.05, 4.69) is 17.1 Å². The summed E-state index contributed by atoms with van der Waals surface area (Å²) in [6.45, 7) is 2.22. The summed E-state index contributed by atoms with van der Waals surface area (Å²) in [5.41, 5.74) is 3.97. The van der Waals surface area contributed by atoms with Crippen molar-refractivity contribution in [1.82, 2.24) is 14.6 Å². The molecule has 1 saturated carbocycles. The van der Waals surface area contributed by atoms with Crippen molar-refractivity contribution in [3.8, 4) is 0 Å². The van der Waals surface area contributed by atoms with Crippen molar-refractivity contribution >= 4 is 23.2 Å². The monoisotopic (exact) mass is 383 g/mol. The summed E-state index contributed by atoms with van der Waals surface area (Å²) in [5.74, 6) is -0.187. The van der Waals surface area contributed by atoms with Crippen molar-refractivity contribution in [3.05, 3.63) is 64.6 Å². The van der Waals surface area contributed by atoms with E-state index in [0.717, 1.165) is 41.2 Å². The number of hydrogen-bond acceptors (Lipinski definition) is 4. The first-order valence-electron chi connectivity index (χ1n) is 9.38. The maximum Gasteiger partial charge on any atom is 0.306 e. The molecule has 1 aromatic carbocycles. The van der Waals surface area contributed by atoms with Gasteiger partial charge in [0.15, 0.2) is 5.65 Å². The second kappa shape index (κ2) is 7.31. The molecule has 1 aliphatic carbocycles. The molecule has 0 aliphatic heterocycles. The molecule has 0 bridgehead atoms. The van der Waals surface area contributed by atoms with Crippen molar-refractivity contribution in [3.63, 3.8) is 0 Å². The SMILES string of the molecule is CCOC(=O)CCc1c(C2(c3ccc(Cl)cc3)CCC2)nn2cccnc12.